The first-order chi connectivity index (χ1) is 8.99. The number of hydrogen-bond donors (Lipinski definition) is 3. The Hall–Kier alpha value is -1.26. The molecule has 0 aromatic heterocycles. The van der Waals surface area contributed by atoms with Gasteiger partial charge in [-0.1, -0.05) is 11.6 Å². The molecule has 1 heterocycles. The first kappa shape index (κ1) is 14.2. The van der Waals surface area contributed by atoms with Crippen molar-refractivity contribution in [3.8, 4) is 0 Å². The molecule has 0 saturated carbocycles. The molecule has 1 saturated heterocycles. The molecule has 0 radical (unpaired) electrons. The molecule has 1 aliphatic heterocycles. The monoisotopic (exact) mass is 281 g/mol. The predicted molar refractivity (Wildman–Crippen MR) is 79.1 cm³/mol. The van der Waals surface area contributed by atoms with Crippen LogP contribution in [0.15, 0.2) is 18.2 Å². The number of nitrogens with zero attached hydrogens (tertiary/aromatic N) is 1. The zero-order valence-corrected chi connectivity index (χ0v) is 11.8. The topological polar surface area (TPSA) is 73.3 Å². The minimum absolute atomic E-state index is 0.00985. The summed E-state index contributed by atoms with van der Waals surface area (Å²) in [6.07, 6.45) is 1.75. The number of aliphatic hydroxyl groups is 1. The van der Waals surface area contributed by atoms with E-state index in [1.807, 2.05) is 19.1 Å². The molecular weight excluding hydrogens is 262 g/mol. The largest absolute Gasteiger partial charge is 0.393 e. The Kier molecular flexibility index (Phi) is 4.32. The second-order valence-corrected chi connectivity index (χ2v) is 5.55. The van der Waals surface area contributed by atoms with Crippen LogP contribution < -0.4 is 10.6 Å². The Morgan fingerprint density at radius 3 is 2.58 bits per heavy atom. The maximum atomic E-state index is 9.60. The summed E-state index contributed by atoms with van der Waals surface area (Å²) in [5.41, 5.74) is 7.08. The van der Waals surface area contributed by atoms with Gasteiger partial charge in [0.25, 0.3) is 0 Å². The van der Waals surface area contributed by atoms with E-state index in [4.69, 9.17) is 22.7 Å². The van der Waals surface area contributed by atoms with Crippen molar-refractivity contribution in [1.82, 2.24) is 0 Å². The van der Waals surface area contributed by atoms with Crippen LogP contribution >= 0.6 is 11.6 Å². The van der Waals surface area contributed by atoms with Gasteiger partial charge in [0.1, 0.15) is 5.84 Å². The molecule has 1 aromatic rings. The van der Waals surface area contributed by atoms with Crippen LogP contribution in [-0.4, -0.2) is 30.1 Å². The highest BCUT2D eigenvalue weighted by molar-refractivity contribution is 6.34. The zero-order valence-electron chi connectivity index (χ0n) is 11.1. The maximum absolute atomic E-state index is 9.60. The number of anilines is 1. The summed E-state index contributed by atoms with van der Waals surface area (Å²) in [5.74, 6) is 0.382. The number of halogens is 1. The molecule has 1 atom stereocenters. The van der Waals surface area contributed by atoms with Crippen LogP contribution in [-0.2, 0) is 0 Å². The molecule has 0 spiro atoms. The summed E-state index contributed by atoms with van der Waals surface area (Å²) in [4.78, 5) is 2.26. The van der Waals surface area contributed by atoms with E-state index in [-0.39, 0.29) is 11.9 Å². The van der Waals surface area contributed by atoms with Crippen molar-refractivity contribution in [2.45, 2.75) is 25.9 Å². The Balaban J connectivity index is 2.08. The van der Waals surface area contributed by atoms with Crippen molar-refractivity contribution < 1.29 is 5.11 Å². The minimum atomic E-state index is -0.231. The number of hydrogen-bond acceptors (Lipinski definition) is 3. The van der Waals surface area contributed by atoms with Crippen LogP contribution in [0.4, 0.5) is 5.69 Å². The van der Waals surface area contributed by atoms with Gasteiger partial charge in [0.05, 0.1) is 11.1 Å². The number of nitrogens with two attached hydrogens (primary N) is 1. The number of rotatable bonds is 3. The summed E-state index contributed by atoms with van der Waals surface area (Å²) in [7, 11) is 0. The zero-order chi connectivity index (χ0) is 14.0. The second kappa shape index (κ2) is 5.80. The number of nitrogen functional groups attached to an aromatic ring is 1. The van der Waals surface area contributed by atoms with Crippen LogP contribution in [0, 0.1) is 11.3 Å². The van der Waals surface area contributed by atoms with Gasteiger partial charge < -0.3 is 15.7 Å². The quantitative estimate of drug-likeness (QED) is 0.587. The summed E-state index contributed by atoms with van der Waals surface area (Å²) in [5, 5.41) is 17.5. The Bertz CT molecular complexity index is 468. The van der Waals surface area contributed by atoms with Gasteiger partial charge in [0.2, 0.25) is 0 Å². The molecule has 2 rings (SSSR count). The van der Waals surface area contributed by atoms with Crippen LogP contribution in [0.2, 0.25) is 5.02 Å². The average Bonchev–Trinajstić information content (AvgIpc) is 2.38. The fourth-order valence-electron chi connectivity index (χ4n) is 2.56. The summed E-state index contributed by atoms with van der Waals surface area (Å²) in [6.45, 7) is 3.70. The Morgan fingerprint density at radius 1 is 1.47 bits per heavy atom. The Labute approximate surface area is 118 Å². The van der Waals surface area contributed by atoms with Crippen LogP contribution in [0.3, 0.4) is 0 Å². The third-order valence-corrected chi connectivity index (χ3v) is 4.14. The van der Waals surface area contributed by atoms with Crippen molar-refractivity contribution in [2.75, 3.05) is 18.0 Å². The highest BCUT2D eigenvalue weighted by atomic mass is 35.5. The first-order valence-corrected chi connectivity index (χ1v) is 6.94. The first-order valence-electron chi connectivity index (χ1n) is 6.56. The summed E-state index contributed by atoms with van der Waals surface area (Å²) in [6, 6.07) is 5.60. The number of piperidine rings is 1. The van der Waals surface area contributed by atoms with Gasteiger partial charge in [-0.25, -0.2) is 0 Å². The average molecular weight is 282 g/mol. The van der Waals surface area contributed by atoms with Crippen LogP contribution in [0.1, 0.15) is 25.3 Å². The second-order valence-electron chi connectivity index (χ2n) is 5.14. The lowest BCUT2D eigenvalue weighted by Gasteiger charge is -2.35. The molecule has 0 amide bonds. The molecule has 4 nitrogen and oxygen atoms in total. The van der Waals surface area contributed by atoms with Gasteiger partial charge in [0.15, 0.2) is 0 Å². The molecular formula is C14H20ClN3O. The van der Waals surface area contributed by atoms with Crippen LogP contribution in [0.5, 0.6) is 0 Å². The number of amidine groups is 1. The van der Waals surface area contributed by atoms with Gasteiger partial charge in [-0.2, -0.15) is 0 Å². The van der Waals surface area contributed by atoms with E-state index in [0.717, 1.165) is 31.6 Å². The molecule has 4 N–H and O–H groups in total. The van der Waals surface area contributed by atoms with Crippen molar-refractivity contribution in [3.63, 3.8) is 0 Å². The third-order valence-electron chi connectivity index (χ3n) is 3.83. The molecule has 19 heavy (non-hydrogen) atoms. The fraction of sp³-hybridized carbons (Fsp3) is 0.500. The van der Waals surface area contributed by atoms with Gasteiger partial charge in [0, 0.05) is 24.3 Å². The van der Waals surface area contributed by atoms with Gasteiger partial charge in [-0.15, -0.1) is 0 Å². The summed E-state index contributed by atoms with van der Waals surface area (Å²) >= 11 is 6.14. The van der Waals surface area contributed by atoms with Crippen molar-refractivity contribution in [3.05, 3.63) is 28.8 Å². The minimum Gasteiger partial charge on any atom is -0.393 e. The van der Waals surface area contributed by atoms with E-state index in [1.165, 1.54) is 0 Å². The normalized spacial score (nSPS) is 18.4. The van der Waals surface area contributed by atoms with E-state index in [9.17, 15) is 5.11 Å². The van der Waals surface area contributed by atoms with E-state index >= 15 is 0 Å². The van der Waals surface area contributed by atoms with Crippen molar-refractivity contribution in [1.29, 1.82) is 5.41 Å². The molecule has 5 heteroatoms. The maximum Gasteiger partial charge on any atom is 0.124 e. The molecule has 1 aromatic carbocycles. The fourth-order valence-corrected chi connectivity index (χ4v) is 2.84. The lowest BCUT2D eigenvalue weighted by atomic mass is 9.92. The highest BCUT2D eigenvalue weighted by Crippen LogP contribution is 2.28. The SMILES string of the molecule is CC(O)C1CCN(c2ccc(C(=N)N)c(Cl)c2)CC1. The molecule has 1 aliphatic rings. The van der Waals surface area contributed by atoms with E-state index in [0.29, 0.717) is 16.5 Å². The number of nitrogens with one attached hydrogen (secondary N) is 1. The molecule has 0 bridgehead atoms. The standard InChI is InChI=1S/C14H20ClN3O/c1-9(19)10-4-6-18(7-5-10)11-2-3-12(14(16)17)13(15)8-11/h2-3,8-10,19H,4-7H2,1H3,(H3,16,17). The summed E-state index contributed by atoms with van der Waals surface area (Å²) < 4.78 is 0. The highest BCUT2D eigenvalue weighted by Gasteiger charge is 2.23. The van der Waals surface area contributed by atoms with Gasteiger partial charge in [-0.05, 0) is 43.9 Å². The van der Waals surface area contributed by atoms with Crippen molar-refractivity contribution in [2.24, 2.45) is 11.7 Å². The van der Waals surface area contributed by atoms with Gasteiger partial charge >= 0.3 is 0 Å². The number of benzene rings is 1. The molecule has 104 valence electrons. The van der Waals surface area contributed by atoms with E-state index in [1.54, 1.807) is 6.07 Å². The predicted octanol–water partition coefficient (Wildman–Crippen LogP) is 2.22. The number of aliphatic hydroxyl groups excluding tert-OH is 1. The van der Waals surface area contributed by atoms with Gasteiger partial charge in [-0.3, -0.25) is 5.41 Å². The molecule has 1 unspecified atom stereocenters. The van der Waals surface area contributed by atoms with Crippen LogP contribution in [0.25, 0.3) is 0 Å². The lowest BCUT2D eigenvalue weighted by molar-refractivity contribution is 0.110. The molecule has 1 fully saturated rings. The third kappa shape index (κ3) is 3.19. The van der Waals surface area contributed by atoms with E-state index < -0.39 is 0 Å². The molecule has 0 aliphatic carbocycles. The Morgan fingerprint density at radius 2 is 2.11 bits per heavy atom. The smallest absolute Gasteiger partial charge is 0.124 e. The lowest BCUT2D eigenvalue weighted by Crippen LogP contribution is -2.37. The van der Waals surface area contributed by atoms with Crippen molar-refractivity contribution >= 4 is 23.1 Å². The van der Waals surface area contributed by atoms with E-state index in [2.05, 4.69) is 4.90 Å².